The second-order valence-electron chi connectivity index (χ2n) is 4.37. The van der Waals surface area contributed by atoms with E-state index in [1.807, 2.05) is 4.98 Å². The van der Waals surface area contributed by atoms with Gasteiger partial charge in [-0.15, -0.1) is 0 Å². The van der Waals surface area contributed by atoms with Crippen LogP contribution in [0.2, 0.25) is 0 Å². The molecule has 1 aromatic heterocycles. The van der Waals surface area contributed by atoms with Crippen molar-refractivity contribution in [3.63, 3.8) is 0 Å². The first-order valence-corrected chi connectivity index (χ1v) is 7.18. The summed E-state index contributed by atoms with van der Waals surface area (Å²) in [5.74, 6) is 0. The number of aliphatic hydroxyl groups excluding tert-OH is 1. The summed E-state index contributed by atoms with van der Waals surface area (Å²) in [6, 6.07) is 1.10. The van der Waals surface area contributed by atoms with Crippen LogP contribution in [0.4, 0.5) is 0 Å². The summed E-state index contributed by atoms with van der Waals surface area (Å²) in [6.07, 6.45) is -2.82. The maximum Gasteiger partial charge on any atom is 1.00 e. The van der Waals surface area contributed by atoms with E-state index < -0.39 is 50.2 Å². The SMILES string of the molecule is O=c1ccn([C@@H]2O[C@H](CO)[C@H]3OP(=O)(O)O[C@H]32)c(=O)[nH]1.[Na+]. The Balaban J connectivity index is 0.00000161. The van der Waals surface area contributed by atoms with Crippen LogP contribution in [0.5, 0.6) is 0 Å². The van der Waals surface area contributed by atoms with Gasteiger partial charge in [-0.1, -0.05) is 0 Å². The Bertz CT molecular complexity index is 689. The van der Waals surface area contributed by atoms with Crippen LogP contribution in [-0.2, 0) is 18.3 Å². The van der Waals surface area contributed by atoms with E-state index in [1.165, 1.54) is 6.20 Å². The average molecular weight is 329 g/mol. The van der Waals surface area contributed by atoms with E-state index in [-0.39, 0.29) is 29.6 Å². The number of phosphoric acid groups is 1. The predicted molar refractivity (Wildman–Crippen MR) is 61.9 cm³/mol. The average Bonchev–Trinajstić information content (AvgIpc) is 2.83. The summed E-state index contributed by atoms with van der Waals surface area (Å²) in [7, 11) is -4.23. The Morgan fingerprint density at radius 1 is 1.33 bits per heavy atom. The minimum Gasteiger partial charge on any atom is -0.394 e. The number of ether oxygens (including phenoxy) is 1. The first-order valence-electron chi connectivity index (χ1n) is 5.69. The molecule has 0 bridgehead atoms. The van der Waals surface area contributed by atoms with Crippen molar-refractivity contribution in [2.24, 2.45) is 0 Å². The zero-order valence-corrected chi connectivity index (χ0v) is 13.8. The van der Waals surface area contributed by atoms with Crippen LogP contribution in [0.25, 0.3) is 0 Å². The third-order valence-electron chi connectivity index (χ3n) is 3.10. The monoisotopic (exact) mass is 329 g/mol. The van der Waals surface area contributed by atoms with Crippen molar-refractivity contribution in [2.75, 3.05) is 6.61 Å². The van der Waals surface area contributed by atoms with E-state index in [9.17, 15) is 24.2 Å². The molecule has 10 nitrogen and oxygen atoms in total. The Morgan fingerprint density at radius 3 is 2.62 bits per heavy atom. The van der Waals surface area contributed by atoms with Crippen molar-refractivity contribution >= 4 is 7.82 Å². The first-order chi connectivity index (χ1) is 9.41. The van der Waals surface area contributed by atoms with E-state index in [0.29, 0.717) is 0 Å². The Labute approximate surface area is 139 Å². The largest absolute Gasteiger partial charge is 1.00 e. The molecule has 0 aliphatic carbocycles. The number of aliphatic hydroxyl groups is 1. The van der Waals surface area contributed by atoms with E-state index in [4.69, 9.17) is 13.8 Å². The van der Waals surface area contributed by atoms with Gasteiger partial charge in [0.15, 0.2) is 6.23 Å². The topological polar surface area (TPSA) is 140 Å². The van der Waals surface area contributed by atoms with Crippen LogP contribution in [-0.4, -0.2) is 44.5 Å². The van der Waals surface area contributed by atoms with Gasteiger partial charge in [0.1, 0.15) is 18.3 Å². The molecule has 0 radical (unpaired) electrons. The van der Waals surface area contributed by atoms with Crippen LogP contribution < -0.4 is 40.8 Å². The van der Waals surface area contributed by atoms with Crippen LogP contribution >= 0.6 is 7.82 Å². The van der Waals surface area contributed by atoms with Gasteiger partial charge >= 0.3 is 43.1 Å². The Hall–Kier alpha value is -0.290. The summed E-state index contributed by atoms with van der Waals surface area (Å²) in [5.41, 5.74) is -1.35. The number of nitrogens with one attached hydrogen (secondary N) is 1. The van der Waals surface area contributed by atoms with Crippen molar-refractivity contribution in [1.29, 1.82) is 0 Å². The second kappa shape index (κ2) is 6.07. The third kappa shape index (κ3) is 3.09. The van der Waals surface area contributed by atoms with Gasteiger partial charge in [0, 0.05) is 12.3 Å². The Kier molecular flexibility index (Phi) is 4.94. The van der Waals surface area contributed by atoms with E-state index in [2.05, 4.69) is 0 Å². The van der Waals surface area contributed by atoms with Gasteiger partial charge < -0.3 is 14.7 Å². The van der Waals surface area contributed by atoms with Crippen molar-refractivity contribution in [1.82, 2.24) is 9.55 Å². The number of rotatable bonds is 2. The van der Waals surface area contributed by atoms with Crippen LogP contribution in [0.3, 0.4) is 0 Å². The van der Waals surface area contributed by atoms with Gasteiger partial charge in [0.2, 0.25) is 0 Å². The van der Waals surface area contributed by atoms with Gasteiger partial charge in [-0.3, -0.25) is 23.4 Å². The molecular weight excluding hydrogens is 318 g/mol. The summed E-state index contributed by atoms with van der Waals surface area (Å²) >= 11 is 0. The molecule has 0 spiro atoms. The van der Waals surface area contributed by atoms with Crippen LogP contribution in [0.15, 0.2) is 21.9 Å². The van der Waals surface area contributed by atoms with Crippen molar-refractivity contribution in [3.8, 4) is 0 Å². The number of hydrogen-bond acceptors (Lipinski definition) is 7. The summed E-state index contributed by atoms with van der Waals surface area (Å²) in [5, 5.41) is 9.18. The molecule has 2 saturated heterocycles. The van der Waals surface area contributed by atoms with Crippen molar-refractivity contribution in [2.45, 2.75) is 24.5 Å². The van der Waals surface area contributed by atoms with E-state index in [1.54, 1.807) is 0 Å². The maximum absolute atomic E-state index is 11.7. The number of aromatic nitrogens is 2. The number of nitrogens with zero attached hydrogens (tertiary/aromatic N) is 1. The van der Waals surface area contributed by atoms with E-state index >= 15 is 0 Å². The number of phosphoric ester groups is 1. The van der Waals surface area contributed by atoms with E-state index in [0.717, 1.165) is 10.6 Å². The molecule has 12 heteroatoms. The molecule has 5 atom stereocenters. The van der Waals surface area contributed by atoms with Gasteiger partial charge in [-0.05, 0) is 0 Å². The van der Waals surface area contributed by atoms with Crippen molar-refractivity contribution in [3.05, 3.63) is 33.1 Å². The summed E-state index contributed by atoms with van der Waals surface area (Å²) in [6.45, 7) is -0.473. The molecular formula is C9H11N2NaO8P+. The molecule has 1 aromatic rings. The smallest absolute Gasteiger partial charge is 0.394 e. The number of hydrogen-bond donors (Lipinski definition) is 3. The third-order valence-corrected chi connectivity index (χ3v) is 4.12. The minimum atomic E-state index is -4.23. The molecule has 21 heavy (non-hydrogen) atoms. The number of aromatic amines is 1. The second-order valence-corrected chi connectivity index (χ2v) is 5.73. The fraction of sp³-hybridized carbons (Fsp3) is 0.556. The molecule has 110 valence electrons. The van der Waals surface area contributed by atoms with Gasteiger partial charge in [-0.25, -0.2) is 9.36 Å². The molecule has 0 amide bonds. The fourth-order valence-electron chi connectivity index (χ4n) is 2.28. The normalized spacial score (nSPS) is 38.0. The maximum atomic E-state index is 11.7. The molecule has 3 rings (SSSR count). The molecule has 2 fully saturated rings. The molecule has 3 heterocycles. The van der Waals surface area contributed by atoms with Crippen LogP contribution in [0, 0.1) is 0 Å². The van der Waals surface area contributed by atoms with Crippen molar-refractivity contribution < 1.29 is 57.9 Å². The molecule has 2 aliphatic heterocycles. The standard InChI is InChI=1S/C9H11N2O8P.Na/c12-3-4-6-7(19-20(15,16)18-6)8(17-4)11-2-1-5(13)10-9(11)14;/h1-2,4,6-8,12H,3H2,(H,15,16)(H,10,13,14);/q;+1/t4-,6-,7-,8-;/m1./s1. The predicted octanol–water partition coefficient (Wildman–Crippen LogP) is -4.69. The number of fused-ring (bicyclic) bond motifs is 1. The Morgan fingerprint density at radius 2 is 2.00 bits per heavy atom. The zero-order valence-electron chi connectivity index (χ0n) is 10.9. The fourth-order valence-corrected chi connectivity index (χ4v) is 3.42. The molecule has 3 N–H and O–H groups in total. The van der Waals surface area contributed by atoms with Gasteiger partial charge in [0.25, 0.3) is 5.56 Å². The quantitative estimate of drug-likeness (QED) is 0.363. The molecule has 2 aliphatic rings. The summed E-state index contributed by atoms with van der Waals surface area (Å²) in [4.78, 5) is 34.1. The van der Waals surface area contributed by atoms with Gasteiger partial charge in [0.05, 0.1) is 6.61 Å². The zero-order chi connectivity index (χ0) is 14.5. The van der Waals surface area contributed by atoms with Crippen LogP contribution in [0.1, 0.15) is 6.23 Å². The summed E-state index contributed by atoms with van der Waals surface area (Å²) < 4.78 is 27.5. The van der Waals surface area contributed by atoms with Gasteiger partial charge in [-0.2, -0.15) is 0 Å². The number of H-pyrrole nitrogens is 1. The first kappa shape index (κ1) is 17.1. The molecule has 0 aromatic carbocycles. The molecule has 1 unspecified atom stereocenters. The minimum absolute atomic E-state index is 0. The molecule has 0 saturated carbocycles.